The summed E-state index contributed by atoms with van der Waals surface area (Å²) in [5.41, 5.74) is 2.09. The van der Waals surface area contributed by atoms with Gasteiger partial charge in [-0.15, -0.1) is 0 Å². The molecule has 142 valence electrons. The monoisotopic (exact) mass is 372 g/mol. The Hall–Kier alpha value is -3.08. The SMILES string of the molecule is CNC[C@@H](O)[C@H](c1ccccc1)n1ccc2ccc(Oc3ccccc3)cc21. The molecule has 0 fully saturated rings. The average molecular weight is 372 g/mol. The first-order valence-corrected chi connectivity index (χ1v) is 9.47. The van der Waals surface area contributed by atoms with Crippen LogP contribution >= 0.6 is 0 Å². The summed E-state index contributed by atoms with van der Waals surface area (Å²) in [7, 11) is 1.85. The van der Waals surface area contributed by atoms with E-state index >= 15 is 0 Å². The Morgan fingerprint density at radius 2 is 1.61 bits per heavy atom. The third-order valence-electron chi connectivity index (χ3n) is 4.89. The Bertz CT molecular complexity index is 1030. The van der Waals surface area contributed by atoms with Gasteiger partial charge in [0.05, 0.1) is 17.7 Å². The van der Waals surface area contributed by atoms with Gasteiger partial charge in [-0.3, -0.25) is 0 Å². The number of hydrogen-bond acceptors (Lipinski definition) is 3. The molecular formula is C24H24N2O2. The molecule has 0 saturated heterocycles. The van der Waals surface area contributed by atoms with Crippen molar-refractivity contribution in [2.45, 2.75) is 12.1 Å². The van der Waals surface area contributed by atoms with Gasteiger partial charge in [0.25, 0.3) is 0 Å². The Labute approximate surface area is 165 Å². The van der Waals surface area contributed by atoms with Gasteiger partial charge in [0.1, 0.15) is 11.5 Å². The second-order valence-corrected chi connectivity index (χ2v) is 6.84. The van der Waals surface area contributed by atoms with Crippen LogP contribution in [0.25, 0.3) is 10.9 Å². The molecule has 1 heterocycles. The lowest BCUT2D eigenvalue weighted by atomic mass is 10.0. The predicted octanol–water partition coefficient (Wildman–Crippen LogP) is 4.60. The summed E-state index contributed by atoms with van der Waals surface area (Å²) < 4.78 is 8.15. The first-order chi connectivity index (χ1) is 13.8. The molecular weight excluding hydrogens is 348 g/mol. The first-order valence-electron chi connectivity index (χ1n) is 9.47. The molecule has 0 amide bonds. The van der Waals surface area contributed by atoms with Crippen LogP contribution in [0.15, 0.2) is 91.1 Å². The smallest absolute Gasteiger partial charge is 0.129 e. The summed E-state index contributed by atoms with van der Waals surface area (Å²) in [4.78, 5) is 0. The Balaban J connectivity index is 1.76. The van der Waals surface area contributed by atoms with E-state index in [4.69, 9.17) is 4.74 Å². The van der Waals surface area contributed by atoms with Gasteiger partial charge in [-0.1, -0.05) is 48.5 Å². The molecule has 4 nitrogen and oxygen atoms in total. The fourth-order valence-corrected chi connectivity index (χ4v) is 3.60. The lowest BCUT2D eigenvalue weighted by molar-refractivity contribution is 0.132. The molecule has 1 aromatic heterocycles. The molecule has 0 saturated carbocycles. The number of aromatic nitrogens is 1. The number of nitrogens with one attached hydrogen (secondary N) is 1. The topological polar surface area (TPSA) is 46.4 Å². The normalized spacial score (nSPS) is 13.4. The number of rotatable bonds is 7. The number of nitrogens with zero attached hydrogens (tertiary/aromatic N) is 1. The molecule has 0 aliphatic rings. The number of hydrogen-bond donors (Lipinski definition) is 2. The molecule has 0 bridgehead atoms. The van der Waals surface area contributed by atoms with Crippen LogP contribution in [0.3, 0.4) is 0 Å². The zero-order chi connectivity index (χ0) is 19.3. The third kappa shape index (κ3) is 3.79. The van der Waals surface area contributed by atoms with Crippen LogP contribution < -0.4 is 10.1 Å². The lowest BCUT2D eigenvalue weighted by Crippen LogP contribution is -2.33. The van der Waals surface area contributed by atoms with Crippen LogP contribution in [-0.2, 0) is 0 Å². The summed E-state index contributed by atoms with van der Waals surface area (Å²) in [6.07, 6.45) is 1.47. The molecule has 0 radical (unpaired) electrons. The number of ether oxygens (including phenoxy) is 1. The van der Waals surface area contributed by atoms with Crippen molar-refractivity contribution in [2.24, 2.45) is 0 Å². The zero-order valence-electron chi connectivity index (χ0n) is 15.8. The molecule has 0 spiro atoms. The quantitative estimate of drug-likeness (QED) is 0.498. The number of fused-ring (bicyclic) bond motifs is 1. The summed E-state index contributed by atoms with van der Waals surface area (Å²) in [6, 6.07) is 27.8. The Kier molecular flexibility index (Phi) is 5.42. The maximum absolute atomic E-state index is 10.9. The fourth-order valence-electron chi connectivity index (χ4n) is 3.60. The summed E-state index contributed by atoms with van der Waals surface area (Å²) in [5.74, 6) is 1.57. The van der Waals surface area contributed by atoms with E-state index in [1.807, 2.05) is 73.9 Å². The van der Waals surface area contributed by atoms with E-state index in [0.717, 1.165) is 28.0 Å². The van der Waals surface area contributed by atoms with Crippen molar-refractivity contribution in [1.29, 1.82) is 0 Å². The van der Waals surface area contributed by atoms with E-state index < -0.39 is 6.10 Å². The van der Waals surface area contributed by atoms with Crippen molar-refractivity contribution >= 4 is 10.9 Å². The van der Waals surface area contributed by atoms with Gasteiger partial charge in [0.15, 0.2) is 0 Å². The Morgan fingerprint density at radius 1 is 0.893 bits per heavy atom. The number of benzene rings is 3. The highest BCUT2D eigenvalue weighted by Crippen LogP contribution is 2.31. The van der Waals surface area contributed by atoms with E-state index in [9.17, 15) is 5.11 Å². The maximum atomic E-state index is 10.9. The molecule has 4 rings (SSSR count). The van der Waals surface area contributed by atoms with Crippen LogP contribution in [0.1, 0.15) is 11.6 Å². The van der Waals surface area contributed by atoms with Crippen LogP contribution in [0.4, 0.5) is 0 Å². The van der Waals surface area contributed by atoms with E-state index in [-0.39, 0.29) is 6.04 Å². The minimum Gasteiger partial charge on any atom is -0.457 e. The van der Waals surface area contributed by atoms with E-state index in [1.54, 1.807) is 0 Å². The van der Waals surface area contributed by atoms with Gasteiger partial charge >= 0.3 is 0 Å². The van der Waals surface area contributed by atoms with E-state index in [0.29, 0.717) is 6.54 Å². The molecule has 28 heavy (non-hydrogen) atoms. The highest BCUT2D eigenvalue weighted by Gasteiger charge is 2.23. The first kappa shape index (κ1) is 18.3. The minimum absolute atomic E-state index is 0.196. The van der Waals surface area contributed by atoms with Crippen LogP contribution in [0.5, 0.6) is 11.5 Å². The molecule has 0 aliphatic heterocycles. The molecule has 0 unspecified atom stereocenters. The van der Waals surface area contributed by atoms with Crippen LogP contribution in [-0.4, -0.2) is 29.4 Å². The summed E-state index contributed by atoms with van der Waals surface area (Å²) in [5, 5.41) is 15.1. The molecule has 4 aromatic rings. The summed E-state index contributed by atoms with van der Waals surface area (Å²) in [6.45, 7) is 0.499. The molecule has 3 aromatic carbocycles. The predicted molar refractivity (Wildman–Crippen MR) is 113 cm³/mol. The van der Waals surface area contributed by atoms with Crippen molar-refractivity contribution < 1.29 is 9.84 Å². The lowest BCUT2D eigenvalue weighted by Gasteiger charge is -2.26. The van der Waals surface area contributed by atoms with Gasteiger partial charge in [-0.05, 0) is 48.3 Å². The van der Waals surface area contributed by atoms with Crippen molar-refractivity contribution in [1.82, 2.24) is 9.88 Å². The van der Waals surface area contributed by atoms with Gasteiger partial charge in [-0.25, -0.2) is 0 Å². The van der Waals surface area contributed by atoms with E-state index in [2.05, 4.69) is 34.1 Å². The van der Waals surface area contributed by atoms with Gasteiger partial charge < -0.3 is 19.7 Å². The van der Waals surface area contributed by atoms with Gasteiger partial charge in [0.2, 0.25) is 0 Å². The fraction of sp³-hybridized carbons (Fsp3) is 0.167. The Morgan fingerprint density at radius 3 is 2.32 bits per heavy atom. The highest BCUT2D eigenvalue weighted by atomic mass is 16.5. The maximum Gasteiger partial charge on any atom is 0.129 e. The summed E-state index contributed by atoms with van der Waals surface area (Å²) >= 11 is 0. The average Bonchev–Trinajstić information content (AvgIpc) is 3.13. The van der Waals surface area contributed by atoms with Crippen molar-refractivity contribution in [3.05, 3.63) is 96.7 Å². The molecule has 4 heteroatoms. The second kappa shape index (κ2) is 8.30. The third-order valence-corrected chi connectivity index (χ3v) is 4.89. The highest BCUT2D eigenvalue weighted by molar-refractivity contribution is 5.82. The van der Waals surface area contributed by atoms with Crippen LogP contribution in [0.2, 0.25) is 0 Å². The zero-order valence-corrected chi connectivity index (χ0v) is 15.8. The molecule has 2 atom stereocenters. The van der Waals surface area contributed by atoms with Gasteiger partial charge in [0, 0.05) is 18.8 Å². The van der Waals surface area contributed by atoms with Gasteiger partial charge in [-0.2, -0.15) is 0 Å². The number of para-hydroxylation sites is 1. The number of aliphatic hydroxyl groups excluding tert-OH is 1. The standard InChI is InChI=1S/C24H24N2O2/c1-25-17-23(27)24(19-8-4-2-5-9-19)26-15-14-18-12-13-21(16-22(18)26)28-20-10-6-3-7-11-20/h2-16,23-25,27H,17H2,1H3/t23-,24+/m1/s1. The largest absolute Gasteiger partial charge is 0.457 e. The minimum atomic E-state index is -0.568. The van der Waals surface area contributed by atoms with E-state index in [1.165, 1.54) is 0 Å². The molecule has 0 aliphatic carbocycles. The van der Waals surface area contributed by atoms with Crippen molar-refractivity contribution in [3.8, 4) is 11.5 Å². The second-order valence-electron chi connectivity index (χ2n) is 6.84. The van der Waals surface area contributed by atoms with Crippen LogP contribution in [0, 0.1) is 0 Å². The number of aliphatic hydroxyl groups is 1. The van der Waals surface area contributed by atoms with Crippen molar-refractivity contribution in [3.63, 3.8) is 0 Å². The molecule has 2 N–H and O–H groups in total. The van der Waals surface area contributed by atoms with Crippen molar-refractivity contribution in [2.75, 3.05) is 13.6 Å². The number of likely N-dealkylation sites (N-methyl/N-ethyl adjacent to an activating group) is 1.